The molecule has 2 aromatic carbocycles. The topological polar surface area (TPSA) is 90.4 Å². The van der Waals surface area contributed by atoms with Crippen molar-refractivity contribution in [2.24, 2.45) is 5.10 Å². The molecule has 0 aliphatic rings. The van der Waals surface area contributed by atoms with Gasteiger partial charge in [0.2, 0.25) is 0 Å². The minimum absolute atomic E-state index is 0.183. The van der Waals surface area contributed by atoms with Crippen molar-refractivity contribution in [1.82, 2.24) is 15.6 Å². The lowest BCUT2D eigenvalue weighted by atomic mass is 10.1. The minimum atomic E-state index is -0.368. The van der Waals surface area contributed by atoms with Crippen LogP contribution in [-0.4, -0.2) is 26.9 Å². The monoisotopic (exact) mass is 348 g/mol. The molecule has 0 saturated heterocycles. The number of aromatic amines is 1. The Bertz CT molecular complexity index is 925. The first-order valence-corrected chi connectivity index (χ1v) is 8.35. The number of phenols is 1. The number of aromatic hydroxyl groups is 1. The highest BCUT2D eigenvalue weighted by Crippen LogP contribution is 2.18. The van der Waals surface area contributed by atoms with E-state index in [4.69, 9.17) is 0 Å². The molecule has 1 heterocycles. The van der Waals surface area contributed by atoms with Crippen LogP contribution < -0.4 is 5.43 Å². The number of rotatable bonds is 5. The van der Waals surface area contributed by atoms with Crippen LogP contribution in [0.3, 0.4) is 0 Å². The Morgan fingerprint density at radius 2 is 1.85 bits per heavy atom. The Kier molecular flexibility index (Phi) is 5.12. The van der Waals surface area contributed by atoms with E-state index >= 15 is 0 Å². The van der Waals surface area contributed by atoms with Gasteiger partial charge in [0.15, 0.2) is 0 Å². The maximum Gasteiger partial charge on any atom is 0.289 e. The summed E-state index contributed by atoms with van der Waals surface area (Å²) in [6.45, 7) is 3.88. The van der Waals surface area contributed by atoms with Gasteiger partial charge in [0, 0.05) is 5.56 Å². The largest absolute Gasteiger partial charge is 0.508 e. The summed E-state index contributed by atoms with van der Waals surface area (Å²) < 4.78 is 0. The third kappa shape index (κ3) is 3.97. The summed E-state index contributed by atoms with van der Waals surface area (Å²) in [5.41, 5.74) is 7.19. The second kappa shape index (κ2) is 7.65. The van der Waals surface area contributed by atoms with Crippen LogP contribution in [0.5, 0.6) is 5.75 Å². The third-order valence-corrected chi connectivity index (χ3v) is 4.09. The predicted molar refractivity (Wildman–Crippen MR) is 101 cm³/mol. The molecule has 0 aliphatic heterocycles. The highest BCUT2D eigenvalue weighted by Gasteiger charge is 2.11. The van der Waals surface area contributed by atoms with Gasteiger partial charge in [-0.1, -0.05) is 31.2 Å². The number of benzene rings is 2. The third-order valence-electron chi connectivity index (χ3n) is 4.09. The molecule has 1 amide bonds. The fraction of sp³-hybridized carbons (Fsp3) is 0.150. The summed E-state index contributed by atoms with van der Waals surface area (Å²) in [4.78, 5) is 12.3. The van der Waals surface area contributed by atoms with Gasteiger partial charge in [0.05, 0.1) is 11.4 Å². The lowest BCUT2D eigenvalue weighted by Gasteiger charge is -2.02. The summed E-state index contributed by atoms with van der Waals surface area (Å²) in [7, 11) is 0. The zero-order chi connectivity index (χ0) is 18.5. The Labute approximate surface area is 151 Å². The van der Waals surface area contributed by atoms with Crippen molar-refractivity contribution in [3.05, 3.63) is 71.4 Å². The molecular formula is C20H20N4O2. The van der Waals surface area contributed by atoms with Crippen LogP contribution in [0.15, 0.2) is 59.7 Å². The maximum atomic E-state index is 12.3. The van der Waals surface area contributed by atoms with Crippen LogP contribution in [0.4, 0.5) is 0 Å². The number of hydrogen-bond acceptors (Lipinski definition) is 4. The highest BCUT2D eigenvalue weighted by atomic mass is 16.3. The average Bonchev–Trinajstić information content (AvgIpc) is 3.17. The summed E-state index contributed by atoms with van der Waals surface area (Å²) in [5.74, 6) is -0.186. The molecule has 3 rings (SSSR count). The van der Waals surface area contributed by atoms with Gasteiger partial charge in [0.25, 0.3) is 5.91 Å². The predicted octanol–water partition coefficient (Wildman–Crippen LogP) is 3.50. The van der Waals surface area contributed by atoms with Crippen LogP contribution in [0.1, 0.15) is 35.5 Å². The number of aryl methyl sites for hydroxylation is 1. The van der Waals surface area contributed by atoms with Crippen molar-refractivity contribution in [3.63, 3.8) is 0 Å². The van der Waals surface area contributed by atoms with Crippen LogP contribution in [0, 0.1) is 0 Å². The van der Waals surface area contributed by atoms with Gasteiger partial charge < -0.3 is 5.11 Å². The van der Waals surface area contributed by atoms with Crippen LogP contribution in [0.2, 0.25) is 0 Å². The standard InChI is InChI=1S/C20H20N4O2/c1-3-14-4-6-16(7-5-14)18-12-19(23-22-18)20(26)24-21-13(2)15-8-10-17(25)11-9-15/h4-12,25H,3H2,1-2H3,(H,22,23)(H,24,26)/b21-13-. The zero-order valence-corrected chi connectivity index (χ0v) is 14.7. The molecule has 26 heavy (non-hydrogen) atoms. The van der Waals surface area contributed by atoms with Gasteiger partial charge >= 0.3 is 0 Å². The average molecular weight is 348 g/mol. The number of carbonyl (C=O) groups is 1. The molecule has 3 aromatic rings. The van der Waals surface area contributed by atoms with E-state index in [1.165, 1.54) is 5.56 Å². The van der Waals surface area contributed by atoms with Crippen molar-refractivity contribution in [3.8, 4) is 17.0 Å². The van der Waals surface area contributed by atoms with Crippen LogP contribution in [-0.2, 0) is 6.42 Å². The minimum Gasteiger partial charge on any atom is -0.508 e. The first-order chi connectivity index (χ1) is 12.6. The maximum absolute atomic E-state index is 12.3. The van der Waals surface area contributed by atoms with Crippen molar-refractivity contribution in [1.29, 1.82) is 0 Å². The van der Waals surface area contributed by atoms with Crippen molar-refractivity contribution in [2.45, 2.75) is 20.3 Å². The number of amides is 1. The lowest BCUT2D eigenvalue weighted by Crippen LogP contribution is -2.19. The van der Waals surface area contributed by atoms with E-state index in [9.17, 15) is 9.90 Å². The number of H-pyrrole nitrogens is 1. The molecule has 0 fully saturated rings. The molecule has 132 valence electrons. The summed E-state index contributed by atoms with van der Waals surface area (Å²) in [6.07, 6.45) is 0.979. The zero-order valence-electron chi connectivity index (χ0n) is 14.7. The SMILES string of the molecule is CCc1ccc(-c2cc(C(=O)N/N=C(/C)c3ccc(O)cc3)[nH]n2)cc1. The molecule has 0 radical (unpaired) electrons. The van der Waals surface area contributed by atoms with Crippen molar-refractivity contribution in [2.75, 3.05) is 0 Å². The van der Waals surface area contributed by atoms with Crippen LogP contribution in [0.25, 0.3) is 11.3 Å². The Balaban J connectivity index is 1.69. The molecule has 0 bridgehead atoms. The molecule has 1 aromatic heterocycles. The van der Waals surface area contributed by atoms with Crippen molar-refractivity contribution < 1.29 is 9.90 Å². The van der Waals surface area contributed by atoms with Crippen LogP contribution >= 0.6 is 0 Å². The van der Waals surface area contributed by atoms with Gasteiger partial charge in [-0.3, -0.25) is 9.89 Å². The molecular weight excluding hydrogens is 328 g/mol. The number of aromatic nitrogens is 2. The van der Waals surface area contributed by atoms with E-state index in [1.807, 2.05) is 12.1 Å². The van der Waals surface area contributed by atoms with E-state index in [2.05, 4.69) is 39.8 Å². The fourth-order valence-corrected chi connectivity index (χ4v) is 2.46. The molecule has 0 atom stereocenters. The van der Waals surface area contributed by atoms with Gasteiger partial charge in [-0.2, -0.15) is 10.2 Å². The normalized spacial score (nSPS) is 11.4. The van der Waals surface area contributed by atoms with E-state index < -0.39 is 0 Å². The molecule has 0 unspecified atom stereocenters. The van der Waals surface area contributed by atoms with E-state index in [0.29, 0.717) is 17.1 Å². The number of hydrogen-bond donors (Lipinski definition) is 3. The Morgan fingerprint density at radius 1 is 1.15 bits per heavy atom. The Hall–Kier alpha value is -3.41. The summed E-state index contributed by atoms with van der Waals surface area (Å²) >= 11 is 0. The van der Waals surface area contributed by atoms with E-state index in [0.717, 1.165) is 17.5 Å². The smallest absolute Gasteiger partial charge is 0.289 e. The molecule has 0 spiro atoms. The first-order valence-electron chi connectivity index (χ1n) is 8.35. The molecule has 6 nitrogen and oxygen atoms in total. The van der Waals surface area contributed by atoms with Gasteiger partial charge in [-0.25, -0.2) is 5.43 Å². The number of phenolic OH excluding ortho intramolecular Hbond substituents is 1. The van der Waals surface area contributed by atoms with Gasteiger partial charge in [-0.15, -0.1) is 0 Å². The van der Waals surface area contributed by atoms with E-state index in [1.54, 1.807) is 37.3 Å². The molecule has 6 heteroatoms. The molecule has 0 aliphatic carbocycles. The summed E-state index contributed by atoms with van der Waals surface area (Å²) in [6, 6.07) is 16.4. The number of nitrogens with zero attached hydrogens (tertiary/aromatic N) is 2. The van der Waals surface area contributed by atoms with E-state index in [-0.39, 0.29) is 11.7 Å². The summed E-state index contributed by atoms with van der Waals surface area (Å²) in [5, 5.41) is 20.3. The number of carbonyl (C=O) groups excluding carboxylic acids is 1. The second-order valence-electron chi connectivity index (χ2n) is 5.90. The second-order valence-corrected chi connectivity index (χ2v) is 5.90. The fourth-order valence-electron chi connectivity index (χ4n) is 2.46. The molecule has 0 saturated carbocycles. The highest BCUT2D eigenvalue weighted by molar-refractivity contribution is 6.00. The Morgan fingerprint density at radius 3 is 2.50 bits per heavy atom. The first kappa shape index (κ1) is 17.4. The van der Waals surface area contributed by atoms with Crippen molar-refractivity contribution >= 4 is 11.6 Å². The quantitative estimate of drug-likeness (QED) is 0.487. The molecule has 3 N–H and O–H groups in total. The number of hydrazone groups is 1. The van der Waals surface area contributed by atoms with Gasteiger partial charge in [0.1, 0.15) is 11.4 Å². The lowest BCUT2D eigenvalue weighted by molar-refractivity contribution is 0.0950. The van der Waals surface area contributed by atoms with Gasteiger partial charge in [-0.05, 0) is 54.8 Å². The number of nitrogens with one attached hydrogen (secondary N) is 2.